The highest BCUT2D eigenvalue weighted by molar-refractivity contribution is 5.74. The van der Waals surface area contributed by atoms with Crippen molar-refractivity contribution in [2.75, 3.05) is 6.61 Å². The molecule has 0 radical (unpaired) electrons. The summed E-state index contributed by atoms with van der Waals surface area (Å²) < 4.78 is 43.5. The lowest BCUT2D eigenvalue weighted by atomic mass is 9.89. The van der Waals surface area contributed by atoms with Gasteiger partial charge >= 0.3 is 5.97 Å². The maximum Gasteiger partial charge on any atom is 0.309 e. The van der Waals surface area contributed by atoms with Crippen molar-refractivity contribution in [3.05, 3.63) is 18.2 Å². The largest absolute Gasteiger partial charge is 0.465 e. The van der Waals surface area contributed by atoms with E-state index in [0.717, 1.165) is 0 Å². The molecule has 0 aliphatic carbocycles. The van der Waals surface area contributed by atoms with E-state index < -0.39 is 18.7 Å². The minimum absolute atomic E-state index is 0.00974. The van der Waals surface area contributed by atoms with Gasteiger partial charge in [0.15, 0.2) is 0 Å². The van der Waals surface area contributed by atoms with E-state index in [-0.39, 0.29) is 31.4 Å². The number of hydrogen-bond acceptors (Lipinski definition) is 3. The van der Waals surface area contributed by atoms with Gasteiger partial charge in [0.1, 0.15) is 1.37 Å². The molecule has 82 valence electrons. The van der Waals surface area contributed by atoms with Gasteiger partial charge in [-0.2, -0.15) is 0 Å². The first kappa shape index (κ1) is 5.68. The van der Waals surface area contributed by atoms with Crippen molar-refractivity contribution >= 4 is 5.97 Å². The lowest BCUT2D eigenvalue weighted by Gasteiger charge is -2.12. The lowest BCUT2D eigenvalue weighted by molar-refractivity contribution is -0.141. The molecule has 15 heavy (non-hydrogen) atoms. The third-order valence-electron chi connectivity index (χ3n) is 2.78. The summed E-state index contributed by atoms with van der Waals surface area (Å²) in [6, 6.07) is 0. The first-order chi connectivity index (χ1) is 9.19. The molecule has 0 bridgehead atoms. The second-order valence-electron chi connectivity index (χ2n) is 3.73. The van der Waals surface area contributed by atoms with Crippen LogP contribution in [0.2, 0.25) is 0 Å². The van der Waals surface area contributed by atoms with Gasteiger partial charge < -0.3 is 9.30 Å². The van der Waals surface area contributed by atoms with E-state index in [1.807, 2.05) is 0 Å². The Morgan fingerprint density at radius 3 is 3.40 bits per heavy atom. The molecular formula is C11H16N2O2. The predicted octanol–water partition coefficient (Wildman–Crippen LogP) is 1.16. The van der Waals surface area contributed by atoms with Crippen molar-refractivity contribution in [1.82, 2.24) is 9.55 Å². The second-order valence-corrected chi connectivity index (χ2v) is 3.73. The molecule has 1 aliphatic heterocycles. The minimum atomic E-state index is -2.19. The van der Waals surface area contributed by atoms with Gasteiger partial charge in [0.25, 0.3) is 0 Å². The Morgan fingerprint density at radius 2 is 2.73 bits per heavy atom. The molecule has 2 rings (SSSR count). The Labute approximate surface area is 96.3 Å². The van der Waals surface area contributed by atoms with Gasteiger partial charge in [-0.25, -0.2) is 4.98 Å². The van der Waals surface area contributed by atoms with Crippen LogP contribution in [-0.4, -0.2) is 22.1 Å². The SMILES string of the molecule is [2H]c1nc([2H])n(C)c1C[C@H]1COC(=O)[C@H]1CC([2H])([2H])[2H]. The molecule has 0 amide bonds. The van der Waals surface area contributed by atoms with Crippen LogP contribution in [0.5, 0.6) is 0 Å². The van der Waals surface area contributed by atoms with Crippen LogP contribution in [0.15, 0.2) is 12.5 Å². The van der Waals surface area contributed by atoms with E-state index >= 15 is 0 Å². The van der Waals surface area contributed by atoms with E-state index in [2.05, 4.69) is 4.98 Å². The molecule has 0 aromatic carbocycles. The van der Waals surface area contributed by atoms with Crippen molar-refractivity contribution in [2.45, 2.75) is 19.7 Å². The number of imidazole rings is 1. The van der Waals surface area contributed by atoms with Gasteiger partial charge in [-0.1, -0.05) is 6.85 Å². The van der Waals surface area contributed by atoms with Crippen LogP contribution >= 0.6 is 0 Å². The molecule has 1 aliphatic rings. The highest BCUT2D eigenvalue weighted by atomic mass is 16.5. The molecule has 0 unspecified atom stereocenters. The first-order valence-electron chi connectivity index (χ1n) is 7.34. The standard InChI is InChI=1S/C11H16N2O2/c1-3-10-8(6-15-11(10)14)4-9-5-12-7-13(9)2/h5,7-8,10H,3-4,6H2,1-2H3/t8-,10-/m0/s1/i1D3,5D,7D. The number of hydrogen-bond donors (Lipinski definition) is 0. The summed E-state index contributed by atoms with van der Waals surface area (Å²) in [6.45, 7) is -2.04. The van der Waals surface area contributed by atoms with E-state index in [9.17, 15) is 4.79 Å². The van der Waals surface area contributed by atoms with Gasteiger partial charge in [-0.3, -0.25) is 4.79 Å². The first-order valence-corrected chi connectivity index (χ1v) is 4.84. The highest BCUT2D eigenvalue weighted by Crippen LogP contribution is 2.27. The van der Waals surface area contributed by atoms with Crippen LogP contribution in [0.4, 0.5) is 0 Å². The Balaban J connectivity index is 2.17. The maximum atomic E-state index is 11.6. The summed E-state index contributed by atoms with van der Waals surface area (Å²) in [4.78, 5) is 15.4. The summed E-state index contributed by atoms with van der Waals surface area (Å²) >= 11 is 0. The zero-order chi connectivity index (χ0) is 15.1. The van der Waals surface area contributed by atoms with Crippen molar-refractivity contribution in [3.63, 3.8) is 0 Å². The zero-order valence-electron chi connectivity index (χ0n) is 13.5. The van der Waals surface area contributed by atoms with Crippen LogP contribution in [0.1, 0.15) is 25.8 Å². The fraction of sp³-hybridized carbons (Fsp3) is 0.636. The highest BCUT2D eigenvalue weighted by Gasteiger charge is 2.35. The van der Waals surface area contributed by atoms with Crippen molar-refractivity contribution in [3.8, 4) is 0 Å². The number of carbonyl (C=O) groups excluding carboxylic acids is 1. The van der Waals surface area contributed by atoms with E-state index in [4.69, 9.17) is 11.6 Å². The van der Waals surface area contributed by atoms with Crippen LogP contribution < -0.4 is 0 Å². The molecule has 0 spiro atoms. The molecule has 1 aromatic rings. The molecule has 1 aromatic heterocycles. The topological polar surface area (TPSA) is 44.1 Å². The van der Waals surface area contributed by atoms with Gasteiger partial charge in [0.2, 0.25) is 0 Å². The quantitative estimate of drug-likeness (QED) is 0.708. The van der Waals surface area contributed by atoms with Crippen LogP contribution in [0.3, 0.4) is 0 Å². The molecule has 1 fully saturated rings. The third kappa shape index (κ3) is 1.89. The fourth-order valence-corrected chi connectivity index (χ4v) is 1.79. The Morgan fingerprint density at radius 1 is 1.87 bits per heavy atom. The summed E-state index contributed by atoms with van der Waals surface area (Å²) in [7, 11) is 1.62. The number of cyclic esters (lactones) is 1. The van der Waals surface area contributed by atoms with E-state index in [0.29, 0.717) is 12.1 Å². The normalized spacial score (nSPS) is 31.3. The lowest BCUT2D eigenvalue weighted by Crippen LogP contribution is -2.18. The monoisotopic (exact) mass is 213 g/mol. The number of rotatable bonds is 3. The third-order valence-corrected chi connectivity index (χ3v) is 2.78. The zero-order valence-corrected chi connectivity index (χ0v) is 8.49. The summed E-state index contributed by atoms with van der Waals surface area (Å²) in [5.41, 5.74) is 0.522. The summed E-state index contributed by atoms with van der Waals surface area (Å²) in [6.07, 6.45) is 0.0513. The fourth-order valence-electron chi connectivity index (χ4n) is 1.79. The average molecular weight is 213 g/mol. The molecule has 4 heteroatoms. The minimum Gasteiger partial charge on any atom is -0.465 e. The van der Waals surface area contributed by atoms with E-state index in [1.54, 1.807) is 7.05 Å². The number of carbonyl (C=O) groups is 1. The Hall–Kier alpha value is -1.32. The van der Waals surface area contributed by atoms with Gasteiger partial charge in [0.05, 0.1) is 20.2 Å². The summed E-state index contributed by atoms with van der Waals surface area (Å²) in [5, 5.41) is 0. The van der Waals surface area contributed by atoms with Crippen LogP contribution in [-0.2, 0) is 23.0 Å². The van der Waals surface area contributed by atoms with Crippen LogP contribution in [0.25, 0.3) is 0 Å². The average Bonchev–Trinajstić information content (AvgIpc) is 2.75. The molecule has 0 saturated carbocycles. The number of ether oxygens (including phenoxy) is 1. The summed E-state index contributed by atoms with van der Waals surface area (Å²) in [5.74, 6) is -1.47. The molecule has 2 atom stereocenters. The number of aromatic nitrogens is 2. The van der Waals surface area contributed by atoms with Gasteiger partial charge in [-0.15, -0.1) is 0 Å². The Bertz CT molecular complexity index is 526. The van der Waals surface area contributed by atoms with Gasteiger partial charge in [-0.05, 0) is 12.8 Å². The number of nitrogens with zero attached hydrogens (tertiary/aromatic N) is 2. The molecule has 2 heterocycles. The molecule has 4 nitrogen and oxygen atoms in total. The Kier molecular flexibility index (Phi) is 1.53. The predicted molar refractivity (Wildman–Crippen MR) is 55.1 cm³/mol. The van der Waals surface area contributed by atoms with Gasteiger partial charge in [0, 0.05) is 28.9 Å². The van der Waals surface area contributed by atoms with Crippen molar-refractivity contribution in [2.24, 2.45) is 18.9 Å². The molecular weight excluding hydrogens is 192 g/mol. The van der Waals surface area contributed by atoms with Crippen molar-refractivity contribution in [1.29, 1.82) is 0 Å². The van der Waals surface area contributed by atoms with E-state index in [1.165, 1.54) is 4.57 Å². The maximum absolute atomic E-state index is 11.6. The number of esters is 1. The smallest absolute Gasteiger partial charge is 0.309 e. The van der Waals surface area contributed by atoms with Crippen LogP contribution in [0, 0.1) is 11.8 Å². The molecule has 0 N–H and O–H groups in total. The molecule has 1 saturated heterocycles. The van der Waals surface area contributed by atoms with Crippen molar-refractivity contribution < 1.29 is 16.4 Å². The second kappa shape index (κ2) is 4.04.